The summed E-state index contributed by atoms with van der Waals surface area (Å²) in [6.45, 7) is 0.502. The molecule has 4 aromatic rings. The van der Waals surface area contributed by atoms with E-state index < -0.39 is 0 Å². The van der Waals surface area contributed by atoms with Crippen LogP contribution in [-0.2, 0) is 6.42 Å². The van der Waals surface area contributed by atoms with Gasteiger partial charge in [0.15, 0.2) is 5.82 Å². The highest BCUT2D eigenvalue weighted by atomic mass is 32.1. The normalized spacial score (nSPS) is 10.9. The SMILES string of the molecule is O=C(NCCc1cccs1)c1nc(-c2cccs2)n(-c2cccc(F)c2)n1. The molecule has 0 unspecified atom stereocenters. The van der Waals surface area contributed by atoms with E-state index in [-0.39, 0.29) is 17.5 Å². The highest BCUT2D eigenvalue weighted by molar-refractivity contribution is 7.13. The van der Waals surface area contributed by atoms with Crippen LogP contribution in [0.25, 0.3) is 16.4 Å². The number of nitrogens with zero attached hydrogens (tertiary/aromatic N) is 3. The van der Waals surface area contributed by atoms with Crippen molar-refractivity contribution in [1.82, 2.24) is 20.1 Å². The van der Waals surface area contributed by atoms with Crippen molar-refractivity contribution < 1.29 is 9.18 Å². The predicted octanol–water partition coefficient (Wildman–Crippen LogP) is 4.17. The summed E-state index contributed by atoms with van der Waals surface area (Å²) in [4.78, 5) is 18.9. The third-order valence-corrected chi connectivity index (χ3v) is 5.64. The lowest BCUT2D eigenvalue weighted by atomic mass is 10.3. The lowest BCUT2D eigenvalue weighted by Crippen LogP contribution is -2.26. The molecular formula is C19H15FN4OS2. The van der Waals surface area contributed by atoms with E-state index >= 15 is 0 Å². The molecule has 0 atom stereocenters. The van der Waals surface area contributed by atoms with Gasteiger partial charge >= 0.3 is 0 Å². The van der Waals surface area contributed by atoms with Crippen LogP contribution in [-0.4, -0.2) is 27.2 Å². The number of amides is 1. The number of carbonyl (C=O) groups is 1. The van der Waals surface area contributed by atoms with E-state index in [4.69, 9.17) is 0 Å². The molecule has 0 aliphatic rings. The third-order valence-electron chi connectivity index (χ3n) is 3.84. The molecule has 3 aromatic heterocycles. The molecule has 0 saturated carbocycles. The molecule has 0 fully saturated rings. The van der Waals surface area contributed by atoms with E-state index in [0.717, 1.165) is 11.3 Å². The number of thiophene rings is 2. The maximum atomic E-state index is 13.7. The van der Waals surface area contributed by atoms with Crippen molar-refractivity contribution in [2.75, 3.05) is 6.54 Å². The van der Waals surface area contributed by atoms with Crippen LogP contribution < -0.4 is 5.32 Å². The average molecular weight is 398 g/mol. The first-order valence-electron chi connectivity index (χ1n) is 8.28. The first kappa shape index (κ1) is 17.6. The molecule has 5 nitrogen and oxygen atoms in total. The molecule has 1 N–H and O–H groups in total. The van der Waals surface area contributed by atoms with Gasteiger partial charge in [-0.05, 0) is 47.5 Å². The van der Waals surface area contributed by atoms with E-state index in [0.29, 0.717) is 18.1 Å². The van der Waals surface area contributed by atoms with Crippen molar-refractivity contribution in [3.8, 4) is 16.4 Å². The van der Waals surface area contributed by atoms with Crippen LogP contribution in [0.4, 0.5) is 4.39 Å². The average Bonchev–Trinajstić information content (AvgIpc) is 3.42. The molecule has 0 bridgehead atoms. The van der Waals surface area contributed by atoms with Crippen LogP contribution in [0.5, 0.6) is 0 Å². The molecule has 0 radical (unpaired) electrons. The third kappa shape index (κ3) is 3.96. The minimum Gasteiger partial charge on any atom is -0.349 e. The fraction of sp³-hybridized carbons (Fsp3) is 0.105. The van der Waals surface area contributed by atoms with Crippen LogP contribution in [0.2, 0.25) is 0 Å². The zero-order chi connectivity index (χ0) is 18.6. The van der Waals surface area contributed by atoms with Gasteiger partial charge in [-0.25, -0.2) is 14.1 Å². The fourth-order valence-corrected chi connectivity index (χ4v) is 4.00. The highest BCUT2D eigenvalue weighted by Crippen LogP contribution is 2.25. The number of hydrogen-bond donors (Lipinski definition) is 1. The van der Waals surface area contributed by atoms with E-state index in [1.54, 1.807) is 23.5 Å². The Hall–Kier alpha value is -2.84. The molecule has 136 valence electrons. The molecule has 4 rings (SSSR count). The molecule has 1 aromatic carbocycles. The van der Waals surface area contributed by atoms with Crippen molar-refractivity contribution in [3.63, 3.8) is 0 Å². The second-order valence-electron chi connectivity index (χ2n) is 5.71. The van der Waals surface area contributed by atoms with Crippen molar-refractivity contribution >= 4 is 28.6 Å². The summed E-state index contributed by atoms with van der Waals surface area (Å²) in [6.07, 6.45) is 0.756. The van der Waals surface area contributed by atoms with Crippen molar-refractivity contribution in [3.05, 3.63) is 75.8 Å². The van der Waals surface area contributed by atoms with Crippen molar-refractivity contribution in [1.29, 1.82) is 0 Å². The van der Waals surface area contributed by atoms with Crippen LogP contribution in [0.15, 0.2) is 59.3 Å². The molecule has 0 spiro atoms. The maximum Gasteiger partial charge on any atom is 0.291 e. The van der Waals surface area contributed by atoms with Crippen LogP contribution in [0.3, 0.4) is 0 Å². The van der Waals surface area contributed by atoms with Gasteiger partial charge in [-0.1, -0.05) is 18.2 Å². The van der Waals surface area contributed by atoms with E-state index in [2.05, 4.69) is 15.4 Å². The summed E-state index contributed by atoms with van der Waals surface area (Å²) in [5.41, 5.74) is 0.517. The largest absolute Gasteiger partial charge is 0.349 e. The van der Waals surface area contributed by atoms with E-state index in [1.807, 2.05) is 35.0 Å². The van der Waals surface area contributed by atoms with Gasteiger partial charge in [0.1, 0.15) is 5.82 Å². The molecule has 0 aliphatic carbocycles. The number of hydrogen-bond acceptors (Lipinski definition) is 5. The van der Waals surface area contributed by atoms with Crippen LogP contribution >= 0.6 is 22.7 Å². The van der Waals surface area contributed by atoms with Crippen LogP contribution in [0.1, 0.15) is 15.5 Å². The predicted molar refractivity (Wildman–Crippen MR) is 105 cm³/mol. The lowest BCUT2D eigenvalue weighted by molar-refractivity contribution is 0.0944. The van der Waals surface area contributed by atoms with Gasteiger partial charge in [0, 0.05) is 11.4 Å². The molecule has 0 saturated heterocycles. The Morgan fingerprint density at radius 1 is 1.11 bits per heavy atom. The summed E-state index contributed by atoms with van der Waals surface area (Å²) in [6, 6.07) is 13.9. The Balaban J connectivity index is 1.60. The summed E-state index contributed by atoms with van der Waals surface area (Å²) in [7, 11) is 0. The molecule has 1 amide bonds. The minimum absolute atomic E-state index is 0.0637. The Kier molecular flexibility index (Phi) is 5.08. The molecule has 0 aliphatic heterocycles. The number of rotatable bonds is 6. The Labute approximate surface area is 163 Å². The quantitative estimate of drug-likeness (QED) is 0.530. The van der Waals surface area contributed by atoms with Crippen molar-refractivity contribution in [2.45, 2.75) is 6.42 Å². The summed E-state index contributed by atoms with van der Waals surface area (Å²) in [5.74, 6) is -0.144. The Bertz CT molecular complexity index is 1040. The summed E-state index contributed by atoms with van der Waals surface area (Å²) in [5, 5.41) is 11.1. The summed E-state index contributed by atoms with van der Waals surface area (Å²) >= 11 is 3.14. The number of benzene rings is 1. The molecule has 8 heteroatoms. The zero-order valence-electron chi connectivity index (χ0n) is 14.1. The lowest BCUT2D eigenvalue weighted by Gasteiger charge is -2.04. The first-order valence-corrected chi connectivity index (χ1v) is 10.0. The van der Waals surface area contributed by atoms with Gasteiger partial charge in [-0.2, -0.15) is 0 Å². The topological polar surface area (TPSA) is 59.8 Å². The van der Waals surface area contributed by atoms with Gasteiger partial charge in [-0.15, -0.1) is 27.8 Å². The number of halogens is 1. The Morgan fingerprint density at radius 3 is 2.70 bits per heavy atom. The van der Waals surface area contributed by atoms with E-state index in [9.17, 15) is 9.18 Å². The van der Waals surface area contributed by atoms with Crippen LogP contribution in [0, 0.1) is 5.82 Å². The molecule has 3 heterocycles. The van der Waals surface area contributed by atoms with Gasteiger partial charge in [-0.3, -0.25) is 4.79 Å². The molecular weight excluding hydrogens is 383 g/mol. The number of aromatic nitrogens is 3. The van der Waals surface area contributed by atoms with Crippen molar-refractivity contribution in [2.24, 2.45) is 0 Å². The van der Waals surface area contributed by atoms with E-state index in [1.165, 1.54) is 33.0 Å². The fourth-order valence-electron chi connectivity index (χ4n) is 2.59. The highest BCUT2D eigenvalue weighted by Gasteiger charge is 2.19. The second kappa shape index (κ2) is 7.81. The number of nitrogens with one attached hydrogen (secondary N) is 1. The second-order valence-corrected chi connectivity index (χ2v) is 7.69. The number of carbonyl (C=O) groups excluding carboxylic acids is 1. The first-order chi connectivity index (χ1) is 13.2. The van der Waals surface area contributed by atoms with Gasteiger partial charge in [0.05, 0.1) is 10.6 Å². The molecule has 27 heavy (non-hydrogen) atoms. The smallest absolute Gasteiger partial charge is 0.291 e. The minimum atomic E-state index is -0.373. The van der Waals surface area contributed by atoms with Gasteiger partial charge < -0.3 is 5.32 Å². The standard InChI is InChI=1S/C19H15FN4OS2/c20-13-4-1-5-14(12-13)24-18(16-7-3-11-27-16)22-17(23-24)19(25)21-9-8-15-6-2-10-26-15/h1-7,10-12H,8-9H2,(H,21,25). The summed E-state index contributed by atoms with van der Waals surface area (Å²) < 4.78 is 15.2. The van der Waals surface area contributed by atoms with Gasteiger partial charge in [0.25, 0.3) is 5.91 Å². The monoisotopic (exact) mass is 398 g/mol. The zero-order valence-corrected chi connectivity index (χ0v) is 15.8. The van der Waals surface area contributed by atoms with Gasteiger partial charge in [0.2, 0.25) is 5.82 Å². The Morgan fingerprint density at radius 2 is 1.96 bits per heavy atom. The maximum absolute atomic E-state index is 13.7.